The molecule has 0 saturated heterocycles. The molecule has 2 rings (SSSR count). The Bertz CT molecular complexity index is 483. The Kier molecular flexibility index (Phi) is 2.69. The maximum Gasteiger partial charge on any atom is 0.493 e. The second-order valence-electron chi connectivity index (χ2n) is 2.81. The maximum atomic E-state index is 9.52. The van der Waals surface area contributed by atoms with Crippen LogP contribution in [0.4, 0.5) is 0 Å². The SMILES string of the molecule is OB(O)c1c(O)sc2cccc(I)c12. The third kappa shape index (κ3) is 1.52. The van der Waals surface area contributed by atoms with Crippen LogP contribution in [0.1, 0.15) is 0 Å². The van der Waals surface area contributed by atoms with Crippen LogP contribution in [0.25, 0.3) is 10.1 Å². The van der Waals surface area contributed by atoms with E-state index >= 15 is 0 Å². The summed E-state index contributed by atoms with van der Waals surface area (Å²) in [6, 6.07) is 5.57. The van der Waals surface area contributed by atoms with Gasteiger partial charge in [-0.25, -0.2) is 0 Å². The smallest absolute Gasteiger partial charge is 0.493 e. The largest absolute Gasteiger partial charge is 0.500 e. The third-order valence-electron chi connectivity index (χ3n) is 1.94. The first-order chi connectivity index (χ1) is 6.61. The number of rotatable bonds is 1. The second kappa shape index (κ2) is 3.69. The Labute approximate surface area is 98.3 Å². The molecule has 72 valence electrons. The van der Waals surface area contributed by atoms with Crippen LogP contribution in [0.5, 0.6) is 5.06 Å². The van der Waals surface area contributed by atoms with Gasteiger partial charge in [-0.3, -0.25) is 0 Å². The average molecular weight is 320 g/mol. The summed E-state index contributed by atoms with van der Waals surface area (Å²) in [6.07, 6.45) is 0. The van der Waals surface area contributed by atoms with Crippen LogP contribution in [0.2, 0.25) is 0 Å². The number of benzene rings is 1. The maximum absolute atomic E-state index is 9.52. The molecule has 0 aliphatic carbocycles. The summed E-state index contributed by atoms with van der Waals surface area (Å²) in [5.41, 5.74) is 0.204. The minimum atomic E-state index is -1.63. The van der Waals surface area contributed by atoms with Crippen molar-refractivity contribution in [3.05, 3.63) is 21.8 Å². The van der Waals surface area contributed by atoms with Crippen molar-refractivity contribution < 1.29 is 15.2 Å². The van der Waals surface area contributed by atoms with Gasteiger partial charge in [0.25, 0.3) is 0 Å². The highest BCUT2D eigenvalue weighted by molar-refractivity contribution is 14.1. The minimum Gasteiger partial charge on any atom is -0.500 e. The van der Waals surface area contributed by atoms with Gasteiger partial charge in [-0.1, -0.05) is 17.4 Å². The average Bonchev–Trinajstić information content (AvgIpc) is 2.42. The Morgan fingerprint density at radius 1 is 1.29 bits per heavy atom. The Balaban J connectivity index is 2.86. The molecule has 0 amide bonds. The summed E-state index contributed by atoms with van der Waals surface area (Å²) in [6.45, 7) is 0. The van der Waals surface area contributed by atoms with E-state index in [1.54, 1.807) is 0 Å². The lowest BCUT2D eigenvalue weighted by atomic mass is 9.80. The molecule has 0 saturated carbocycles. The molecule has 0 atom stereocenters. The van der Waals surface area contributed by atoms with E-state index in [1.807, 2.05) is 18.2 Å². The number of aromatic hydroxyl groups is 1. The molecule has 0 aliphatic heterocycles. The Hall–Kier alpha value is -0.305. The van der Waals surface area contributed by atoms with Gasteiger partial charge in [-0.15, -0.1) is 0 Å². The third-order valence-corrected chi connectivity index (χ3v) is 3.81. The van der Waals surface area contributed by atoms with E-state index in [2.05, 4.69) is 22.6 Å². The first-order valence-electron chi connectivity index (χ1n) is 3.87. The van der Waals surface area contributed by atoms with E-state index in [0.29, 0.717) is 0 Å². The molecule has 3 nitrogen and oxygen atoms in total. The second-order valence-corrected chi connectivity index (χ2v) is 5.00. The fraction of sp³-hybridized carbons (Fsp3) is 0. The highest BCUT2D eigenvalue weighted by atomic mass is 127. The lowest BCUT2D eigenvalue weighted by Crippen LogP contribution is -2.29. The Morgan fingerprint density at radius 3 is 2.64 bits per heavy atom. The van der Waals surface area contributed by atoms with Crippen LogP contribution in [-0.2, 0) is 0 Å². The lowest BCUT2D eigenvalue weighted by molar-refractivity contribution is 0.422. The number of hydrogen-bond donors (Lipinski definition) is 3. The minimum absolute atomic E-state index is 0.0286. The van der Waals surface area contributed by atoms with Crippen molar-refractivity contribution in [2.45, 2.75) is 0 Å². The monoisotopic (exact) mass is 320 g/mol. The Morgan fingerprint density at radius 2 is 2.00 bits per heavy atom. The van der Waals surface area contributed by atoms with Gasteiger partial charge in [0.15, 0.2) is 5.06 Å². The number of hydrogen-bond acceptors (Lipinski definition) is 4. The molecular weight excluding hydrogens is 314 g/mol. The van der Waals surface area contributed by atoms with Crippen molar-refractivity contribution in [1.82, 2.24) is 0 Å². The zero-order valence-electron chi connectivity index (χ0n) is 6.94. The van der Waals surface area contributed by atoms with Crippen molar-refractivity contribution >= 4 is 56.6 Å². The topological polar surface area (TPSA) is 60.7 Å². The van der Waals surface area contributed by atoms with E-state index in [4.69, 9.17) is 10.0 Å². The van der Waals surface area contributed by atoms with Crippen LogP contribution < -0.4 is 5.46 Å². The highest BCUT2D eigenvalue weighted by Crippen LogP contribution is 2.31. The van der Waals surface area contributed by atoms with Gasteiger partial charge in [-0.2, -0.15) is 0 Å². The summed E-state index contributed by atoms with van der Waals surface area (Å²) in [7, 11) is -1.63. The standard InChI is InChI=1S/C8H6BIO3S/c10-4-2-1-3-5-6(4)7(9(12)13)8(11)14-5/h1-3,11-13H. The summed E-state index contributed by atoms with van der Waals surface area (Å²) < 4.78 is 1.76. The predicted molar refractivity (Wildman–Crippen MR) is 66.0 cm³/mol. The van der Waals surface area contributed by atoms with E-state index in [9.17, 15) is 5.11 Å². The summed E-state index contributed by atoms with van der Waals surface area (Å²) in [4.78, 5) is 0. The predicted octanol–water partition coefficient (Wildman–Crippen LogP) is 0.891. The first kappa shape index (κ1) is 10.2. The van der Waals surface area contributed by atoms with E-state index in [-0.39, 0.29) is 10.5 Å². The number of halogens is 1. The quantitative estimate of drug-likeness (QED) is 0.540. The van der Waals surface area contributed by atoms with Crippen molar-refractivity contribution in [3.8, 4) is 5.06 Å². The molecule has 0 fully saturated rings. The van der Waals surface area contributed by atoms with E-state index < -0.39 is 7.12 Å². The summed E-state index contributed by atoms with van der Waals surface area (Å²) in [5, 5.41) is 28.5. The molecule has 0 bridgehead atoms. The molecule has 1 heterocycles. The lowest BCUT2D eigenvalue weighted by Gasteiger charge is -1.99. The first-order valence-corrected chi connectivity index (χ1v) is 5.77. The number of thiophene rings is 1. The van der Waals surface area contributed by atoms with Gasteiger partial charge in [-0.05, 0) is 34.7 Å². The van der Waals surface area contributed by atoms with E-state index in [0.717, 1.165) is 25.0 Å². The summed E-state index contributed by atoms with van der Waals surface area (Å²) in [5.74, 6) is 0. The van der Waals surface area contributed by atoms with Crippen molar-refractivity contribution in [2.75, 3.05) is 0 Å². The highest BCUT2D eigenvalue weighted by Gasteiger charge is 2.23. The normalized spacial score (nSPS) is 10.8. The fourth-order valence-corrected chi connectivity index (χ4v) is 3.32. The molecule has 0 spiro atoms. The molecule has 14 heavy (non-hydrogen) atoms. The van der Waals surface area contributed by atoms with Gasteiger partial charge < -0.3 is 15.2 Å². The molecule has 0 unspecified atom stereocenters. The van der Waals surface area contributed by atoms with Crippen LogP contribution in [0.3, 0.4) is 0 Å². The molecule has 2 aromatic rings. The van der Waals surface area contributed by atoms with Crippen LogP contribution in [-0.4, -0.2) is 22.3 Å². The molecular formula is C8H6BIO3S. The van der Waals surface area contributed by atoms with Gasteiger partial charge in [0.2, 0.25) is 0 Å². The van der Waals surface area contributed by atoms with Gasteiger partial charge in [0.1, 0.15) is 0 Å². The zero-order valence-corrected chi connectivity index (χ0v) is 9.91. The molecule has 6 heteroatoms. The van der Waals surface area contributed by atoms with Crippen molar-refractivity contribution in [1.29, 1.82) is 0 Å². The zero-order chi connectivity index (χ0) is 10.3. The van der Waals surface area contributed by atoms with Gasteiger partial charge in [0, 0.05) is 19.1 Å². The van der Waals surface area contributed by atoms with Crippen molar-refractivity contribution in [2.24, 2.45) is 0 Å². The molecule has 1 aromatic carbocycles. The van der Waals surface area contributed by atoms with Crippen LogP contribution in [0, 0.1) is 3.57 Å². The van der Waals surface area contributed by atoms with Crippen LogP contribution >= 0.6 is 33.9 Å². The number of fused-ring (bicyclic) bond motifs is 1. The van der Waals surface area contributed by atoms with Crippen molar-refractivity contribution in [3.63, 3.8) is 0 Å². The molecule has 0 aliphatic rings. The molecule has 1 aromatic heterocycles. The summed E-state index contributed by atoms with van der Waals surface area (Å²) >= 11 is 3.26. The van der Waals surface area contributed by atoms with Gasteiger partial charge in [0.05, 0.1) is 0 Å². The molecule has 0 radical (unpaired) electrons. The fourth-order valence-electron chi connectivity index (χ4n) is 1.36. The van der Waals surface area contributed by atoms with Crippen LogP contribution in [0.15, 0.2) is 18.2 Å². The van der Waals surface area contributed by atoms with Gasteiger partial charge >= 0.3 is 7.12 Å². The molecule has 3 N–H and O–H groups in total. The van der Waals surface area contributed by atoms with E-state index in [1.165, 1.54) is 0 Å².